The summed E-state index contributed by atoms with van der Waals surface area (Å²) in [5.74, 6) is 0.629. The minimum absolute atomic E-state index is 0.117. The van der Waals surface area contributed by atoms with Gasteiger partial charge in [-0.1, -0.05) is 24.8 Å². The Morgan fingerprint density at radius 2 is 1.96 bits per heavy atom. The largest absolute Gasteiger partial charge is 0.490 e. The molecule has 1 amide bonds. The molecule has 5 heteroatoms. The van der Waals surface area contributed by atoms with Crippen LogP contribution in [-0.2, 0) is 11.3 Å². The fourth-order valence-electron chi connectivity index (χ4n) is 2.82. The molecule has 0 aliphatic carbocycles. The first-order valence-corrected chi connectivity index (χ1v) is 8.79. The summed E-state index contributed by atoms with van der Waals surface area (Å²) in [7, 11) is 0. The molecule has 3 rings (SSSR count). The molecule has 0 aromatic heterocycles. The van der Waals surface area contributed by atoms with Crippen molar-refractivity contribution < 1.29 is 14.3 Å². The molecule has 1 aliphatic rings. The molecule has 1 aliphatic heterocycles. The number of nitrogens with one attached hydrogen (secondary N) is 1. The first-order valence-electron chi connectivity index (χ1n) is 8.79. The Labute approximate surface area is 154 Å². The fourth-order valence-corrected chi connectivity index (χ4v) is 2.82. The van der Waals surface area contributed by atoms with Crippen LogP contribution in [0.4, 0.5) is 5.69 Å². The quantitative estimate of drug-likeness (QED) is 0.777. The predicted octanol–water partition coefficient (Wildman–Crippen LogP) is 3.34. The van der Waals surface area contributed by atoms with Crippen LogP contribution in [0.2, 0.25) is 0 Å². The van der Waals surface area contributed by atoms with Crippen molar-refractivity contribution in [3.63, 3.8) is 0 Å². The zero-order chi connectivity index (χ0) is 18.2. The second-order valence-corrected chi connectivity index (χ2v) is 6.17. The number of amides is 1. The van der Waals surface area contributed by atoms with Crippen LogP contribution in [0.5, 0.6) is 5.75 Å². The van der Waals surface area contributed by atoms with Gasteiger partial charge >= 0.3 is 0 Å². The number of morpholine rings is 1. The van der Waals surface area contributed by atoms with Crippen LogP contribution in [0.1, 0.15) is 15.9 Å². The van der Waals surface area contributed by atoms with Crippen molar-refractivity contribution >= 4 is 11.6 Å². The third-order valence-corrected chi connectivity index (χ3v) is 4.18. The van der Waals surface area contributed by atoms with Gasteiger partial charge in [0.15, 0.2) is 0 Å². The normalized spacial score (nSPS) is 14.6. The van der Waals surface area contributed by atoms with Gasteiger partial charge < -0.3 is 14.8 Å². The first-order chi connectivity index (χ1) is 12.7. The topological polar surface area (TPSA) is 50.8 Å². The zero-order valence-corrected chi connectivity index (χ0v) is 14.8. The highest BCUT2D eigenvalue weighted by Crippen LogP contribution is 2.17. The smallest absolute Gasteiger partial charge is 0.255 e. The minimum atomic E-state index is -0.117. The van der Waals surface area contributed by atoms with Crippen molar-refractivity contribution in [3.05, 3.63) is 72.3 Å². The van der Waals surface area contributed by atoms with Gasteiger partial charge in [-0.3, -0.25) is 9.69 Å². The molecule has 1 saturated heterocycles. The van der Waals surface area contributed by atoms with Crippen LogP contribution in [0, 0.1) is 0 Å². The summed E-state index contributed by atoms with van der Waals surface area (Å²) in [6.45, 7) is 8.31. The van der Waals surface area contributed by atoms with E-state index in [1.807, 2.05) is 42.5 Å². The maximum Gasteiger partial charge on any atom is 0.255 e. The van der Waals surface area contributed by atoms with Crippen molar-refractivity contribution in [3.8, 4) is 5.75 Å². The number of carbonyl (C=O) groups excluding carboxylic acids is 1. The van der Waals surface area contributed by atoms with Crippen LogP contribution < -0.4 is 10.1 Å². The van der Waals surface area contributed by atoms with Gasteiger partial charge in [0.2, 0.25) is 0 Å². The Balaban J connectivity index is 1.60. The van der Waals surface area contributed by atoms with E-state index in [0.717, 1.165) is 49.8 Å². The maximum atomic E-state index is 12.5. The molecule has 1 N–H and O–H groups in total. The highest BCUT2D eigenvalue weighted by molar-refractivity contribution is 6.04. The summed E-state index contributed by atoms with van der Waals surface area (Å²) >= 11 is 0. The molecule has 0 radical (unpaired) electrons. The van der Waals surface area contributed by atoms with Gasteiger partial charge in [-0.2, -0.15) is 0 Å². The van der Waals surface area contributed by atoms with Crippen LogP contribution in [0.15, 0.2) is 61.2 Å². The van der Waals surface area contributed by atoms with Crippen molar-refractivity contribution in [2.75, 3.05) is 38.2 Å². The Morgan fingerprint density at radius 1 is 1.19 bits per heavy atom. The van der Waals surface area contributed by atoms with Gasteiger partial charge in [-0.05, 0) is 42.0 Å². The summed E-state index contributed by atoms with van der Waals surface area (Å²) in [5.41, 5.74) is 2.52. The molecule has 2 aromatic rings. The van der Waals surface area contributed by atoms with Crippen LogP contribution in [-0.4, -0.2) is 43.7 Å². The standard InChI is InChI=1S/C21H24N2O3/c1-2-12-26-20-8-6-19(7-9-20)22-21(24)18-5-3-4-17(15-18)16-23-10-13-25-14-11-23/h2-9,15H,1,10-14,16H2,(H,22,24). The molecular weight excluding hydrogens is 328 g/mol. The van der Waals surface area contributed by atoms with Gasteiger partial charge in [-0.15, -0.1) is 0 Å². The van der Waals surface area contributed by atoms with Crippen LogP contribution in [0.3, 0.4) is 0 Å². The van der Waals surface area contributed by atoms with Crippen molar-refractivity contribution in [1.29, 1.82) is 0 Å². The lowest BCUT2D eigenvalue weighted by Crippen LogP contribution is -2.35. The Hall–Kier alpha value is -2.63. The number of hydrogen-bond donors (Lipinski definition) is 1. The summed E-state index contributed by atoms with van der Waals surface area (Å²) in [4.78, 5) is 14.9. The maximum absolute atomic E-state index is 12.5. The van der Waals surface area contributed by atoms with Gasteiger partial charge in [0, 0.05) is 30.9 Å². The van der Waals surface area contributed by atoms with Crippen molar-refractivity contribution in [2.24, 2.45) is 0 Å². The number of rotatable bonds is 7. The number of carbonyl (C=O) groups is 1. The lowest BCUT2D eigenvalue weighted by Gasteiger charge is -2.26. The molecule has 136 valence electrons. The summed E-state index contributed by atoms with van der Waals surface area (Å²) < 4.78 is 10.8. The minimum Gasteiger partial charge on any atom is -0.490 e. The average molecular weight is 352 g/mol. The third kappa shape index (κ3) is 5.18. The fraction of sp³-hybridized carbons (Fsp3) is 0.286. The van der Waals surface area contributed by atoms with E-state index in [0.29, 0.717) is 12.2 Å². The first kappa shape index (κ1) is 18.2. The molecule has 0 unspecified atom stereocenters. The molecule has 2 aromatic carbocycles. The van der Waals surface area contributed by atoms with E-state index in [-0.39, 0.29) is 5.91 Å². The van der Waals surface area contributed by atoms with E-state index in [1.165, 1.54) is 0 Å². The molecular formula is C21H24N2O3. The number of hydrogen-bond acceptors (Lipinski definition) is 4. The van der Waals surface area contributed by atoms with Crippen molar-refractivity contribution in [2.45, 2.75) is 6.54 Å². The molecule has 5 nitrogen and oxygen atoms in total. The number of nitrogens with zero attached hydrogens (tertiary/aromatic N) is 1. The van der Waals surface area contributed by atoms with Crippen molar-refractivity contribution in [1.82, 2.24) is 4.90 Å². The SMILES string of the molecule is C=CCOc1ccc(NC(=O)c2cccc(CN3CCOCC3)c2)cc1. The van der Waals surface area contributed by atoms with Gasteiger partial charge in [0.25, 0.3) is 5.91 Å². The van der Waals surface area contributed by atoms with Gasteiger partial charge in [-0.25, -0.2) is 0 Å². The highest BCUT2D eigenvalue weighted by Gasteiger charge is 2.12. The lowest BCUT2D eigenvalue weighted by atomic mass is 10.1. The van der Waals surface area contributed by atoms with E-state index in [2.05, 4.69) is 22.9 Å². The average Bonchev–Trinajstić information content (AvgIpc) is 2.68. The molecule has 26 heavy (non-hydrogen) atoms. The Kier molecular flexibility index (Phi) is 6.41. The molecule has 1 fully saturated rings. The highest BCUT2D eigenvalue weighted by atomic mass is 16.5. The second kappa shape index (κ2) is 9.17. The predicted molar refractivity (Wildman–Crippen MR) is 103 cm³/mol. The molecule has 0 bridgehead atoms. The summed E-state index contributed by atoms with van der Waals surface area (Å²) in [6.07, 6.45) is 1.69. The van der Waals surface area contributed by atoms with E-state index >= 15 is 0 Å². The third-order valence-electron chi connectivity index (χ3n) is 4.18. The lowest BCUT2D eigenvalue weighted by molar-refractivity contribution is 0.0342. The molecule has 1 heterocycles. The van der Waals surface area contributed by atoms with E-state index in [4.69, 9.17) is 9.47 Å². The second-order valence-electron chi connectivity index (χ2n) is 6.17. The summed E-state index contributed by atoms with van der Waals surface area (Å²) in [5, 5.41) is 2.92. The molecule has 0 atom stereocenters. The van der Waals surface area contributed by atoms with Gasteiger partial charge in [0.05, 0.1) is 13.2 Å². The molecule has 0 spiro atoms. The zero-order valence-electron chi connectivity index (χ0n) is 14.8. The van der Waals surface area contributed by atoms with Gasteiger partial charge in [0.1, 0.15) is 12.4 Å². The number of ether oxygens (including phenoxy) is 2. The summed E-state index contributed by atoms with van der Waals surface area (Å²) in [6, 6.07) is 15.1. The monoisotopic (exact) mass is 352 g/mol. The van der Waals surface area contributed by atoms with Crippen LogP contribution in [0.25, 0.3) is 0 Å². The van der Waals surface area contributed by atoms with E-state index < -0.39 is 0 Å². The Morgan fingerprint density at radius 3 is 2.69 bits per heavy atom. The van der Waals surface area contributed by atoms with E-state index in [9.17, 15) is 4.79 Å². The Bertz CT molecular complexity index is 737. The molecule has 0 saturated carbocycles. The van der Waals surface area contributed by atoms with E-state index in [1.54, 1.807) is 6.08 Å². The number of anilines is 1. The number of benzene rings is 2. The van der Waals surface area contributed by atoms with Crippen LogP contribution >= 0.6 is 0 Å².